The highest BCUT2D eigenvalue weighted by atomic mass is 19.1. The van der Waals surface area contributed by atoms with Crippen molar-refractivity contribution in [2.24, 2.45) is 11.8 Å². The summed E-state index contributed by atoms with van der Waals surface area (Å²) < 4.78 is 13.1. The van der Waals surface area contributed by atoms with Crippen molar-refractivity contribution >= 4 is 5.91 Å². The highest BCUT2D eigenvalue weighted by molar-refractivity contribution is 5.79. The first-order chi connectivity index (χ1) is 13.1. The number of nitrogens with zero attached hydrogens (tertiary/aromatic N) is 2. The summed E-state index contributed by atoms with van der Waals surface area (Å²) in [4.78, 5) is 14.3. The van der Waals surface area contributed by atoms with E-state index in [0.29, 0.717) is 36.9 Å². The van der Waals surface area contributed by atoms with Crippen LogP contribution in [0.5, 0.6) is 0 Å². The van der Waals surface area contributed by atoms with E-state index in [4.69, 9.17) is 0 Å². The van der Waals surface area contributed by atoms with Gasteiger partial charge in [-0.3, -0.25) is 4.79 Å². The highest BCUT2D eigenvalue weighted by Crippen LogP contribution is 2.50. The Hall–Kier alpha value is -1.93. The van der Waals surface area contributed by atoms with Crippen molar-refractivity contribution in [3.63, 3.8) is 0 Å². The first-order valence-corrected chi connectivity index (χ1v) is 10.3. The predicted molar refractivity (Wildman–Crippen MR) is 101 cm³/mol. The molecule has 0 radical (unpaired) electrons. The van der Waals surface area contributed by atoms with Crippen LogP contribution in [0.1, 0.15) is 56.4 Å². The van der Waals surface area contributed by atoms with Gasteiger partial charge in [0.15, 0.2) is 0 Å². The number of piperidine rings is 1. The number of carbonyl (C=O) groups is 1. The standard InChI is InChI=1S/C22H28FN3O/c23-19-6-4-15(5-7-19)16-9-17-11-20(12-18(17)10-16)25-14-22(27)26-8-2-1-3-21(26)13-24/h4-7,16-18,20-21,25H,1-3,8-12,14H2/t16?,17-,18+,20?,21?. The molecule has 1 heterocycles. The van der Waals surface area contributed by atoms with E-state index in [-0.39, 0.29) is 17.8 Å². The van der Waals surface area contributed by atoms with Gasteiger partial charge in [0.2, 0.25) is 5.91 Å². The van der Waals surface area contributed by atoms with Crippen molar-refractivity contribution in [1.29, 1.82) is 5.26 Å². The third-order valence-electron chi connectivity index (χ3n) is 6.87. The molecule has 0 bridgehead atoms. The van der Waals surface area contributed by atoms with Crippen molar-refractivity contribution < 1.29 is 9.18 Å². The van der Waals surface area contributed by atoms with Crippen LogP contribution in [0.25, 0.3) is 0 Å². The number of hydrogen-bond acceptors (Lipinski definition) is 3. The second-order valence-electron chi connectivity index (χ2n) is 8.52. The first-order valence-electron chi connectivity index (χ1n) is 10.3. The Bertz CT molecular complexity index is 699. The predicted octanol–water partition coefficient (Wildman–Crippen LogP) is 3.59. The van der Waals surface area contributed by atoms with Crippen LogP contribution in [0.15, 0.2) is 24.3 Å². The summed E-state index contributed by atoms with van der Waals surface area (Å²) in [6.45, 7) is 1.07. The number of amides is 1. The average molecular weight is 369 g/mol. The Kier molecular flexibility index (Phi) is 5.45. The van der Waals surface area contributed by atoms with E-state index in [1.165, 1.54) is 18.4 Å². The van der Waals surface area contributed by atoms with Crippen LogP contribution in [0.2, 0.25) is 0 Å². The highest BCUT2D eigenvalue weighted by Gasteiger charge is 2.42. The van der Waals surface area contributed by atoms with Crippen molar-refractivity contribution in [1.82, 2.24) is 10.2 Å². The number of carbonyl (C=O) groups excluding carboxylic acids is 1. The van der Waals surface area contributed by atoms with Gasteiger partial charge in [-0.2, -0.15) is 5.26 Å². The normalized spacial score (nSPS) is 32.9. The fourth-order valence-electron chi connectivity index (χ4n) is 5.49. The van der Waals surface area contributed by atoms with E-state index >= 15 is 0 Å². The Labute approximate surface area is 160 Å². The number of likely N-dealkylation sites (tertiary alicyclic amines) is 1. The molecule has 2 saturated carbocycles. The lowest BCUT2D eigenvalue weighted by atomic mass is 9.94. The molecule has 5 heteroatoms. The van der Waals surface area contributed by atoms with Crippen molar-refractivity contribution in [3.8, 4) is 6.07 Å². The molecule has 3 fully saturated rings. The van der Waals surface area contributed by atoms with Gasteiger partial charge in [-0.15, -0.1) is 0 Å². The second kappa shape index (κ2) is 7.98. The van der Waals surface area contributed by atoms with Gasteiger partial charge in [0, 0.05) is 12.6 Å². The molecule has 3 aliphatic rings. The minimum absolute atomic E-state index is 0.0718. The van der Waals surface area contributed by atoms with Crippen molar-refractivity contribution in [2.45, 2.75) is 62.9 Å². The molecular formula is C22H28FN3O. The molecule has 1 aromatic carbocycles. The third-order valence-corrected chi connectivity index (χ3v) is 6.87. The summed E-state index contributed by atoms with van der Waals surface area (Å²) >= 11 is 0. The summed E-state index contributed by atoms with van der Waals surface area (Å²) in [5.41, 5.74) is 1.26. The molecule has 1 aromatic rings. The van der Waals surface area contributed by atoms with Gasteiger partial charge in [0.1, 0.15) is 11.9 Å². The molecule has 4 nitrogen and oxygen atoms in total. The van der Waals surface area contributed by atoms with Crippen LogP contribution >= 0.6 is 0 Å². The number of rotatable bonds is 4. The Morgan fingerprint density at radius 2 is 1.85 bits per heavy atom. The lowest BCUT2D eigenvalue weighted by Crippen LogP contribution is -2.47. The minimum Gasteiger partial charge on any atom is -0.326 e. The van der Waals surface area contributed by atoms with Crippen LogP contribution in [-0.4, -0.2) is 36.0 Å². The molecule has 4 rings (SSSR count). The quantitative estimate of drug-likeness (QED) is 0.882. The Morgan fingerprint density at radius 1 is 1.15 bits per heavy atom. The van der Waals surface area contributed by atoms with E-state index in [1.807, 2.05) is 12.1 Å². The molecule has 5 atom stereocenters. The summed E-state index contributed by atoms with van der Waals surface area (Å²) in [7, 11) is 0. The topological polar surface area (TPSA) is 56.1 Å². The van der Waals surface area contributed by atoms with Gasteiger partial charge in [-0.05, 0) is 80.4 Å². The number of nitrogens with one attached hydrogen (secondary N) is 1. The molecule has 2 aliphatic carbocycles. The monoisotopic (exact) mass is 369 g/mol. The second-order valence-corrected chi connectivity index (χ2v) is 8.52. The van der Waals surface area contributed by atoms with Gasteiger partial charge in [0.25, 0.3) is 0 Å². The molecule has 1 amide bonds. The third kappa shape index (κ3) is 4.01. The molecule has 0 spiro atoms. The van der Waals surface area contributed by atoms with Crippen molar-refractivity contribution in [2.75, 3.05) is 13.1 Å². The maximum atomic E-state index is 13.1. The minimum atomic E-state index is -0.243. The number of hydrogen-bond donors (Lipinski definition) is 1. The van der Waals surface area contributed by atoms with Crippen LogP contribution in [0.4, 0.5) is 4.39 Å². The summed E-state index contributed by atoms with van der Waals surface area (Å²) in [5, 5.41) is 12.7. The van der Waals surface area contributed by atoms with E-state index in [1.54, 1.807) is 17.0 Å². The van der Waals surface area contributed by atoms with Crippen LogP contribution < -0.4 is 5.32 Å². The fraction of sp³-hybridized carbons (Fsp3) is 0.636. The Balaban J connectivity index is 1.25. The summed E-state index contributed by atoms with van der Waals surface area (Å²) in [6.07, 6.45) is 7.43. The van der Waals surface area contributed by atoms with E-state index in [0.717, 1.165) is 32.1 Å². The molecule has 1 N–H and O–H groups in total. The lowest BCUT2D eigenvalue weighted by molar-refractivity contribution is -0.132. The number of fused-ring (bicyclic) bond motifs is 1. The Morgan fingerprint density at radius 3 is 2.52 bits per heavy atom. The van der Waals surface area contributed by atoms with Gasteiger partial charge in [-0.1, -0.05) is 12.1 Å². The van der Waals surface area contributed by atoms with E-state index < -0.39 is 0 Å². The van der Waals surface area contributed by atoms with Gasteiger partial charge in [0.05, 0.1) is 12.6 Å². The zero-order valence-corrected chi connectivity index (χ0v) is 15.7. The van der Waals surface area contributed by atoms with Crippen LogP contribution in [0, 0.1) is 29.0 Å². The molecule has 27 heavy (non-hydrogen) atoms. The van der Waals surface area contributed by atoms with Gasteiger partial charge >= 0.3 is 0 Å². The maximum absolute atomic E-state index is 13.1. The molecule has 144 valence electrons. The molecule has 0 aromatic heterocycles. The number of nitriles is 1. The maximum Gasteiger partial charge on any atom is 0.237 e. The zero-order chi connectivity index (χ0) is 18.8. The first kappa shape index (κ1) is 18.4. The molecule has 1 saturated heterocycles. The van der Waals surface area contributed by atoms with E-state index in [2.05, 4.69) is 11.4 Å². The van der Waals surface area contributed by atoms with Crippen LogP contribution in [0.3, 0.4) is 0 Å². The SMILES string of the molecule is N#CC1CCCCN1C(=O)CNC1C[C@@H]2CC(c3ccc(F)cc3)C[C@@H]2C1. The average Bonchev–Trinajstić information content (AvgIpc) is 3.25. The summed E-state index contributed by atoms with van der Waals surface area (Å²) in [5.74, 6) is 1.86. The van der Waals surface area contributed by atoms with Crippen molar-refractivity contribution in [3.05, 3.63) is 35.6 Å². The van der Waals surface area contributed by atoms with E-state index in [9.17, 15) is 14.4 Å². The fourth-order valence-corrected chi connectivity index (χ4v) is 5.49. The zero-order valence-electron chi connectivity index (χ0n) is 15.7. The number of halogens is 1. The summed E-state index contributed by atoms with van der Waals surface area (Å²) in [6, 6.07) is 9.42. The van der Waals surface area contributed by atoms with Gasteiger partial charge < -0.3 is 10.2 Å². The largest absolute Gasteiger partial charge is 0.326 e. The van der Waals surface area contributed by atoms with Crippen LogP contribution in [-0.2, 0) is 4.79 Å². The lowest BCUT2D eigenvalue weighted by Gasteiger charge is -2.32. The number of benzene rings is 1. The molecule has 3 unspecified atom stereocenters. The van der Waals surface area contributed by atoms with Gasteiger partial charge in [-0.25, -0.2) is 4.39 Å². The molecular weight excluding hydrogens is 341 g/mol. The molecule has 1 aliphatic heterocycles. The smallest absolute Gasteiger partial charge is 0.237 e.